The monoisotopic (exact) mass is 233 g/mol. The molecular formula is C14H23N3. The van der Waals surface area contributed by atoms with Crippen LogP contribution < -0.4 is 11.1 Å². The Bertz CT molecular complexity index is 343. The molecule has 0 atom stereocenters. The summed E-state index contributed by atoms with van der Waals surface area (Å²) < 4.78 is 0. The molecule has 1 saturated carbocycles. The lowest BCUT2D eigenvalue weighted by molar-refractivity contribution is 0.318. The van der Waals surface area contributed by atoms with Gasteiger partial charge in [-0.05, 0) is 43.7 Å². The van der Waals surface area contributed by atoms with Crippen molar-refractivity contribution >= 4 is 11.5 Å². The highest BCUT2D eigenvalue weighted by Crippen LogP contribution is 2.29. The molecule has 94 valence electrons. The molecule has 3 N–H and O–H groups in total. The van der Waals surface area contributed by atoms with Crippen LogP contribution in [0.2, 0.25) is 0 Å². The smallest absolute Gasteiger partial charge is 0.149 e. The second kappa shape index (κ2) is 5.89. The molecular weight excluding hydrogens is 210 g/mol. The maximum absolute atomic E-state index is 5.89. The molecule has 3 heteroatoms. The first-order valence-electron chi connectivity index (χ1n) is 6.76. The van der Waals surface area contributed by atoms with Crippen LogP contribution in [0, 0.1) is 5.92 Å². The Hall–Kier alpha value is -1.25. The molecule has 0 radical (unpaired) electrons. The highest BCUT2D eigenvalue weighted by atomic mass is 15.0. The van der Waals surface area contributed by atoms with E-state index in [1.165, 1.54) is 38.5 Å². The fourth-order valence-electron chi connectivity index (χ4n) is 2.74. The molecule has 0 amide bonds. The van der Waals surface area contributed by atoms with Gasteiger partial charge >= 0.3 is 0 Å². The third-order valence-corrected chi connectivity index (χ3v) is 3.72. The van der Waals surface area contributed by atoms with E-state index in [9.17, 15) is 0 Å². The number of nitrogens with zero attached hydrogens (tertiary/aromatic N) is 1. The first kappa shape index (κ1) is 12.2. The van der Waals surface area contributed by atoms with E-state index in [2.05, 4.69) is 17.2 Å². The molecule has 0 aromatic carbocycles. The van der Waals surface area contributed by atoms with E-state index in [0.717, 1.165) is 17.4 Å². The number of aromatic nitrogens is 1. The van der Waals surface area contributed by atoms with E-state index >= 15 is 0 Å². The van der Waals surface area contributed by atoms with Crippen LogP contribution in [0.25, 0.3) is 0 Å². The van der Waals surface area contributed by atoms with Crippen LogP contribution in [-0.4, -0.2) is 11.0 Å². The predicted molar refractivity (Wildman–Crippen MR) is 72.9 cm³/mol. The van der Waals surface area contributed by atoms with Gasteiger partial charge in [0, 0.05) is 12.2 Å². The van der Waals surface area contributed by atoms with Crippen molar-refractivity contribution in [2.75, 3.05) is 11.1 Å². The highest BCUT2D eigenvalue weighted by Gasteiger charge is 2.20. The summed E-state index contributed by atoms with van der Waals surface area (Å²) in [5.41, 5.74) is 6.64. The van der Waals surface area contributed by atoms with E-state index in [1.807, 2.05) is 12.1 Å². The van der Waals surface area contributed by atoms with Gasteiger partial charge in [-0.2, -0.15) is 0 Å². The second-order valence-electron chi connectivity index (χ2n) is 5.09. The second-order valence-corrected chi connectivity index (χ2v) is 5.09. The Morgan fingerprint density at radius 3 is 2.76 bits per heavy atom. The Labute approximate surface area is 104 Å². The number of nitrogens with two attached hydrogens (primary N) is 1. The van der Waals surface area contributed by atoms with E-state index in [1.54, 1.807) is 6.20 Å². The molecule has 1 aromatic heterocycles. The van der Waals surface area contributed by atoms with Crippen LogP contribution >= 0.6 is 0 Å². The largest absolute Gasteiger partial charge is 0.396 e. The van der Waals surface area contributed by atoms with Crippen LogP contribution in [-0.2, 0) is 0 Å². The standard InChI is InChI=1S/C14H23N3/c1-2-4-11-6-8-12(9-7-11)17-14-13(15)5-3-10-16-14/h3,5,10-12H,2,4,6-9,15H2,1H3,(H,16,17). The number of anilines is 2. The Kier molecular flexibility index (Phi) is 4.24. The minimum Gasteiger partial charge on any atom is -0.396 e. The van der Waals surface area contributed by atoms with Crippen molar-refractivity contribution in [1.82, 2.24) is 4.98 Å². The van der Waals surface area contributed by atoms with Crippen LogP contribution in [0.15, 0.2) is 18.3 Å². The number of hydrogen-bond donors (Lipinski definition) is 2. The zero-order valence-corrected chi connectivity index (χ0v) is 10.7. The van der Waals surface area contributed by atoms with Gasteiger partial charge in [-0.25, -0.2) is 4.98 Å². The van der Waals surface area contributed by atoms with Gasteiger partial charge in [-0.3, -0.25) is 0 Å². The maximum atomic E-state index is 5.89. The number of nitrogens with one attached hydrogen (secondary N) is 1. The van der Waals surface area contributed by atoms with Crippen molar-refractivity contribution in [2.24, 2.45) is 5.92 Å². The number of rotatable bonds is 4. The maximum Gasteiger partial charge on any atom is 0.149 e. The number of nitrogen functional groups attached to an aromatic ring is 1. The Balaban J connectivity index is 1.84. The summed E-state index contributed by atoms with van der Waals surface area (Å²) in [6.45, 7) is 2.28. The molecule has 0 saturated heterocycles. The Morgan fingerprint density at radius 2 is 2.12 bits per heavy atom. The topological polar surface area (TPSA) is 50.9 Å². The summed E-state index contributed by atoms with van der Waals surface area (Å²) in [4.78, 5) is 4.29. The summed E-state index contributed by atoms with van der Waals surface area (Å²) in [7, 11) is 0. The molecule has 1 aliphatic carbocycles. The van der Waals surface area contributed by atoms with Gasteiger partial charge in [-0.1, -0.05) is 19.8 Å². The average Bonchev–Trinajstić information content (AvgIpc) is 2.35. The summed E-state index contributed by atoms with van der Waals surface area (Å²) in [5.74, 6) is 1.80. The van der Waals surface area contributed by atoms with Crippen LogP contribution in [0.4, 0.5) is 11.5 Å². The Morgan fingerprint density at radius 1 is 1.35 bits per heavy atom. The van der Waals surface area contributed by atoms with Crippen molar-refractivity contribution in [3.05, 3.63) is 18.3 Å². The van der Waals surface area contributed by atoms with E-state index in [0.29, 0.717) is 6.04 Å². The minimum atomic E-state index is 0.556. The molecule has 0 aliphatic heterocycles. The van der Waals surface area contributed by atoms with E-state index in [-0.39, 0.29) is 0 Å². The normalized spacial score (nSPS) is 24.5. The van der Waals surface area contributed by atoms with Crippen molar-refractivity contribution in [1.29, 1.82) is 0 Å². The zero-order chi connectivity index (χ0) is 12.1. The summed E-state index contributed by atoms with van der Waals surface area (Å²) >= 11 is 0. The summed E-state index contributed by atoms with van der Waals surface area (Å²) in [5, 5.41) is 3.48. The molecule has 2 rings (SSSR count). The summed E-state index contributed by atoms with van der Waals surface area (Å²) in [6, 6.07) is 4.33. The molecule has 0 bridgehead atoms. The van der Waals surface area contributed by atoms with Gasteiger partial charge in [0.05, 0.1) is 5.69 Å². The van der Waals surface area contributed by atoms with Crippen LogP contribution in [0.3, 0.4) is 0 Å². The number of hydrogen-bond acceptors (Lipinski definition) is 3. The third kappa shape index (κ3) is 3.35. The van der Waals surface area contributed by atoms with Gasteiger partial charge < -0.3 is 11.1 Å². The molecule has 1 aliphatic rings. The third-order valence-electron chi connectivity index (χ3n) is 3.72. The van der Waals surface area contributed by atoms with Crippen LogP contribution in [0.1, 0.15) is 45.4 Å². The minimum absolute atomic E-state index is 0.556. The van der Waals surface area contributed by atoms with Gasteiger partial charge in [-0.15, -0.1) is 0 Å². The van der Waals surface area contributed by atoms with Crippen molar-refractivity contribution in [3.63, 3.8) is 0 Å². The van der Waals surface area contributed by atoms with Gasteiger partial charge in [0.15, 0.2) is 0 Å². The first-order chi connectivity index (χ1) is 8.29. The van der Waals surface area contributed by atoms with Gasteiger partial charge in [0.2, 0.25) is 0 Å². The SMILES string of the molecule is CCCC1CCC(Nc2ncccc2N)CC1. The highest BCUT2D eigenvalue weighted by molar-refractivity contribution is 5.60. The quantitative estimate of drug-likeness (QED) is 0.837. The zero-order valence-electron chi connectivity index (χ0n) is 10.7. The molecule has 0 spiro atoms. The lowest BCUT2D eigenvalue weighted by Crippen LogP contribution is -2.26. The molecule has 1 heterocycles. The molecule has 17 heavy (non-hydrogen) atoms. The van der Waals surface area contributed by atoms with Gasteiger partial charge in [0.25, 0.3) is 0 Å². The van der Waals surface area contributed by atoms with Crippen molar-refractivity contribution in [3.8, 4) is 0 Å². The van der Waals surface area contributed by atoms with E-state index in [4.69, 9.17) is 5.73 Å². The molecule has 0 unspecified atom stereocenters. The van der Waals surface area contributed by atoms with Crippen LogP contribution in [0.5, 0.6) is 0 Å². The van der Waals surface area contributed by atoms with E-state index < -0.39 is 0 Å². The molecule has 1 fully saturated rings. The van der Waals surface area contributed by atoms with Crippen molar-refractivity contribution in [2.45, 2.75) is 51.5 Å². The van der Waals surface area contributed by atoms with Gasteiger partial charge in [0.1, 0.15) is 5.82 Å². The predicted octanol–water partition coefficient (Wildman–Crippen LogP) is 3.43. The van der Waals surface area contributed by atoms with Crippen molar-refractivity contribution < 1.29 is 0 Å². The molecule has 3 nitrogen and oxygen atoms in total. The summed E-state index contributed by atoms with van der Waals surface area (Å²) in [6.07, 6.45) is 9.69. The average molecular weight is 233 g/mol. The first-order valence-corrected chi connectivity index (χ1v) is 6.76. The fraction of sp³-hybridized carbons (Fsp3) is 0.643. The lowest BCUT2D eigenvalue weighted by atomic mass is 9.83. The number of pyridine rings is 1. The lowest BCUT2D eigenvalue weighted by Gasteiger charge is -2.29. The molecule has 1 aromatic rings. The fourth-order valence-corrected chi connectivity index (χ4v) is 2.74.